The number of carbonyl (C=O) groups excluding carboxylic acids is 1. The summed E-state index contributed by atoms with van der Waals surface area (Å²) in [6.45, 7) is 13.6. The molecule has 4 aromatic rings. The summed E-state index contributed by atoms with van der Waals surface area (Å²) in [5.41, 5.74) is 10.2. The van der Waals surface area contributed by atoms with Crippen LogP contribution in [0.15, 0.2) is 36.8 Å². The quantitative estimate of drug-likeness (QED) is 0.330. The molecule has 1 saturated heterocycles. The van der Waals surface area contributed by atoms with E-state index in [2.05, 4.69) is 71.4 Å². The van der Waals surface area contributed by atoms with Gasteiger partial charge in [-0.25, -0.2) is 4.98 Å². The molecule has 35 heavy (non-hydrogen) atoms. The normalized spacial score (nSPS) is 15.6. The lowest BCUT2D eigenvalue weighted by Gasteiger charge is -2.31. The number of aromatic amines is 1. The number of aryl methyl sites for hydroxylation is 1. The number of pyridine rings is 1. The average molecular weight is 471 g/mol. The third-order valence-corrected chi connectivity index (χ3v) is 7.98. The van der Waals surface area contributed by atoms with Gasteiger partial charge in [-0.3, -0.25) is 9.69 Å². The summed E-state index contributed by atoms with van der Waals surface area (Å²) in [4.78, 5) is 22.6. The molecule has 1 fully saturated rings. The van der Waals surface area contributed by atoms with Gasteiger partial charge in [0.2, 0.25) is 0 Å². The van der Waals surface area contributed by atoms with E-state index in [0.29, 0.717) is 30.6 Å². The second kappa shape index (κ2) is 9.62. The van der Waals surface area contributed by atoms with Crippen molar-refractivity contribution in [2.75, 3.05) is 19.6 Å². The number of fused-ring (bicyclic) bond motifs is 2. The number of piperidine rings is 1. The number of nitrogens with zero attached hydrogens (tertiary/aromatic N) is 3. The van der Waals surface area contributed by atoms with Crippen molar-refractivity contribution in [2.45, 2.75) is 72.1 Å². The highest BCUT2D eigenvalue weighted by molar-refractivity contribution is 5.93. The minimum Gasteiger partial charge on any atom is -0.354 e. The van der Waals surface area contributed by atoms with E-state index in [9.17, 15) is 4.79 Å². The lowest BCUT2D eigenvalue weighted by atomic mass is 9.87. The van der Waals surface area contributed by atoms with Gasteiger partial charge in [-0.1, -0.05) is 33.8 Å². The number of likely N-dealkylation sites (tertiary alicyclic amines) is 1. The van der Waals surface area contributed by atoms with Crippen molar-refractivity contribution >= 4 is 22.3 Å². The molecule has 184 valence electrons. The Morgan fingerprint density at radius 3 is 2.66 bits per heavy atom. The molecule has 1 aromatic carbocycles. The first-order valence-corrected chi connectivity index (χ1v) is 13.3. The smallest absolute Gasteiger partial charge is 0.146 e. The van der Waals surface area contributed by atoms with E-state index in [1.807, 2.05) is 19.3 Å². The minimum atomic E-state index is 0.349. The van der Waals surface area contributed by atoms with E-state index in [0.717, 1.165) is 38.0 Å². The van der Waals surface area contributed by atoms with Crippen molar-refractivity contribution in [2.24, 2.45) is 0 Å². The van der Waals surface area contributed by atoms with Crippen molar-refractivity contribution in [1.82, 2.24) is 19.3 Å². The van der Waals surface area contributed by atoms with E-state index in [-0.39, 0.29) is 0 Å². The first kappa shape index (κ1) is 23.8. The number of H-pyrrole nitrogens is 1. The fourth-order valence-corrected chi connectivity index (χ4v) is 5.97. The third kappa shape index (κ3) is 4.31. The molecule has 5 heteroatoms. The van der Waals surface area contributed by atoms with E-state index >= 15 is 0 Å². The zero-order valence-electron chi connectivity index (χ0n) is 21.8. The van der Waals surface area contributed by atoms with E-state index in [1.165, 1.54) is 44.4 Å². The van der Waals surface area contributed by atoms with Crippen LogP contribution in [-0.4, -0.2) is 44.7 Å². The fraction of sp³-hybridized carbons (Fsp3) is 0.467. The summed E-state index contributed by atoms with van der Waals surface area (Å²) in [6.07, 6.45) is 10.0. The number of rotatable bonds is 7. The fourth-order valence-electron chi connectivity index (χ4n) is 5.97. The summed E-state index contributed by atoms with van der Waals surface area (Å²) in [7, 11) is 0. The molecule has 0 atom stereocenters. The molecule has 1 aliphatic heterocycles. The largest absolute Gasteiger partial charge is 0.354 e. The van der Waals surface area contributed by atoms with E-state index < -0.39 is 0 Å². The van der Waals surface area contributed by atoms with Crippen molar-refractivity contribution in [3.05, 3.63) is 59.0 Å². The van der Waals surface area contributed by atoms with Crippen LogP contribution in [0.1, 0.15) is 81.0 Å². The summed E-state index contributed by atoms with van der Waals surface area (Å²) >= 11 is 0. The van der Waals surface area contributed by atoms with Crippen LogP contribution >= 0.6 is 0 Å². The van der Waals surface area contributed by atoms with Crippen LogP contribution in [0.25, 0.3) is 27.8 Å². The number of imidazole rings is 1. The van der Waals surface area contributed by atoms with Crippen LogP contribution in [0.3, 0.4) is 0 Å². The Hall–Kier alpha value is -2.92. The Labute approximate surface area is 208 Å². The van der Waals surface area contributed by atoms with Gasteiger partial charge in [0.1, 0.15) is 11.4 Å². The molecule has 0 radical (unpaired) electrons. The minimum absolute atomic E-state index is 0.349. The molecule has 0 aliphatic carbocycles. The van der Waals surface area contributed by atoms with E-state index in [1.54, 1.807) is 0 Å². The predicted molar refractivity (Wildman–Crippen MR) is 144 cm³/mol. The second-order valence-electron chi connectivity index (χ2n) is 10.5. The summed E-state index contributed by atoms with van der Waals surface area (Å²) in [5.74, 6) is 1.31. The van der Waals surface area contributed by atoms with Crippen LogP contribution in [0.5, 0.6) is 0 Å². The number of hydrogen-bond acceptors (Lipinski definition) is 3. The molecule has 4 heterocycles. The van der Waals surface area contributed by atoms with Gasteiger partial charge in [-0.15, -0.1) is 0 Å². The Morgan fingerprint density at radius 2 is 1.97 bits per heavy atom. The zero-order valence-corrected chi connectivity index (χ0v) is 21.8. The van der Waals surface area contributed by atoms with Gasteiger partial charge in [0, 0.05) is 41.5 Å². The van der Waals surface area contributed by atoms with Gasteiger partial charge in [0.25, 0.3) is 0 Å². The number of carbonyl (C=O) groups is 1. The number of benzene rings is 1. The van der Waals surface area contributed by atoms with Crippen LogP contribution in [-0.2, 0) is 11.2 Å². The average Bonchev–Trinajstić information content (AvgIpc) is 3.48. The molecule has 5 rings (SSSR count). The molecular formula is C30H38N4O. The van der Waals surface area contributed by atoms with Crippen LogP contribution in [0.2, 0.25) is 0 Å². The van der Waals surface area contributed by atoms with Crippen LogP contribution in [0, 0.1) is 6.92 Å². The highest BCUT2D eigenvalue weighted by atomic mass is 16.1. The SMILES string of the molecule is CCC(=O)CN1CCC(c2ccc3[nH]c(-c4cn5ccnc5c(CC)c4C)c(C(C)C)c3c2)CC1. The monoisotopic (exact) mass is 470 g/mol. The van der Waals surface area contributed by atoms with Crippen molar-refractivity contribution in [1.29, 1.82) is 0 Å². The Morgan fingerprint density at radius 1 is 1.20 bits per heavy atom. The van der Waals surface area contributed by atoms with Crippen molar-refractivity contribution in [3.63, 3.8) is 0 Å². The highest BCUT2D eigenvalue weighted by Gasteiger charge is 2.24. The molecule has 1 aliphatic rings. The first-order valence-electron chi connectivity index (χ1n) is 13.3. The van der Waals surface area contributed by atoms with E-state index in [4.69, 9.17) is 0 Å². The maximum absolute atomic E-state index is 11.9. The predicted octanol–water partition coefficient (Wildman–Crippen LogP) is 6.64. The second-order valence-corrected chi connectivity index (χ2v) is 10.5. The number of hydrogen-bond donors (Lipinski definition) is 1. The highest BCUT2D eigenvalue weighted by Crippen LogP contribution is 2.40. The Balaban J connectivity index is 1.53. The standard InChI is InChI=1S/C30H38N4O/c1-6-23(35)17-33-13-10-21(11-14-33)22-8-9-27-25(16-22)28(19(3)4)29(32-27)26-18-34-15-12-31-30(34)24(7-2)20(26)5/h8-9,12,15-16,18-19,21,32H,6-7,10-11,13-14,17H2,1-5H3. The van der Waals surface area contributed by atoms with Crippen LogP contribution in [0.4, 0.5) is 0 Å². The summed E-state index contributed by atoms with van der Waals surface area (Å²) in [5, 5.41) is 1.35. The van der Waals surface area contributed by atoms with Crippen LogP contribution < -0.4 is 0 Å². The number of nitrogens with one attached hydrogen (secondary N) is 1. The molecule has 5 nitrogen and oxygen atoms in total. The molecule has 0 saturated carbocycles. The molecular weight excluding hydrogens is 432 g/mol. The number of Topliss-reactive ketones (excluding diaryl/α,β-unsaturated/α-hetero) is 1. The first-order chi connectivity index (χ1) is 16.9. The molecule has 0 amide bonds. The molecule has 0 bridgehead atoms. The lowest BCUT2D eigenvalue weighted by molar-refractivity contribution is -0.120. The zero-order chi connectivity index (χ0) is 24.7. The number of ketones is 1. The Bertz CT molecular complexity index is 1370. The lowest BCUT2D eigenvalue weighted by Crippen LogP contribution is -2.36. The number of aromatic nitrogens is 3. The topological polar surface area (TPSA) is 53.4 Å². The maximum Gasteiger partial charge on any atom is 0.146 e. The van der Waals surface area contributed by atoms with Gasteiger partial charge in [-0.05, 0) is 85.5 Å². The van der Waals surface area contributed by atoms with Gasteiger partial charge >= 0.3 is 0 Å². The molecule has 0 unspecified atom stereocenters. The van der Waals surface area contributed by atoms with Crippen molar-refractivity contribution in [3.8, 4) is 11.3 Å². The molecule has 0 spiro atoms. The summed E-state index contributed by atoms with van der Waals surface area (Å²) in [6, 6.07) is 7.03. The van der Waals surface area contributed by atoms with Gasteiger partial charge in [-0.2, -0.15) is 0 Å². The third-order valence-electron chi connectivity index (χ3n) is 7.98. The van der Waals surface area contributed by atoms with Gasteiger partial charge < -0.3 is 9.38 Å². The molecule has 3 aromatic heterocycles. The molecule has 1 N–H and O–H groups in total. The van der Waals surface area contributed by atoms with Gasteiger partial charge in [0.15, 0.2) is 0 Å². The summed E-state index contributed by atoms with van der Waals surface area (Å²) < 4.78 is 2.17. The van der Waals surface area contributed by atoms with Crippen molar-refractivity contribution < 1.29 is 4.79 Å². The van der Waals surface area contributed by atoms with Gasteiger partial charge in [0.05, 0.1) is 12.2 Å². The maximum atomic E-state index is 11.9. The Kier molecular flexibility index (Phi) is 6.54.